The second-order valence-electron chi connectivity index (χ2n) is 12.8. The average molecular weight is 787 g/mol. The average Bonchev–Trinajstić information content (AvgIpc) is 3.97. The molecule has 0 aliphatic rings. The molecule has 5 aromatic rings. The first-order valence-electron chi connectivity index (χ1n) is 17.5. The van der Waals surface area contributed by atoms with Crippen molar-refractivity contribution in [3.8, 4) is 0 Å². The van der Waals surface area contributed by atoms with Crippen molar-refractivity contribution in [2.75, 3.05) is 38.5 Å². The molecule has 22 heteroatoms. The van der Waals surface area contributed by atoms with Crippen LogP contribution in [0.2, 0.25) is 0 Å². The highest BCUT2D eigenvalue weighted by molar-refractivity contribution is 6.04. The van der Waals surface area contributed by atoms with E-state index in [2.05, 4.69) is 46.9 Å². The summed E-state index contributed by atoms with van der Waals surface area (Å²) in [7, 11) is 8.18. The summed E-state index contributed by atoms with van der Waals surface area (Å²) in [6.45, 7) is 1.84. The molecule has 0 aromatic carbocycles. The minimum Gasteiger partial charge on any atom is -0.460 e. The van der Waals surface area contributed by atoms with Gasteiger partial charge in [-0.25, -0.2) is 19.7 Å². The highest BCUT2D eigenvalue weighted by atomic mass is 16.5. The molecule has 6 N–H and O–H groups in total. The molecular formula is C35H42N14O8. The highest BCUT2D eigenvalue weighted by Crippen LogP contribution is 2.21. The number of imidazole rings is 3. The minimum absolute atomic E-state index is 0.0216. The van der Waals surface area contributed by atoms with Gasteiger partial charge in [-0.2, -0.15) is 0 Å². The number of aryl methyl sites for hydroxylation is 5. The van der Waals surface area contributed by atoms with Gasteiger partial charge >= 0.3 is 5.97 Å². The van der Waals surface area contributed by atoms with Crippen LogP contribution in [0.5, 0.6) is 0 Å². The Balaban J connectivity index is 1.05. The molecular weight excluding hydrogens is 744 g/mol. The van der Waals surface area contributed by atoms with E-state index in [4.69, 9.17) is 4.74 Å². The van der Waals surface area contributed by atoms with Gasteiger partial charge in [0, 0.05) is 110 Å². The molecule has 0 saturated heterocycles. The van der Waals surface area contributed by atoms with Crippen LogP contribution < -0.4 is 31.9 Å². The molecule has 22 nitrogen and oxygen atoms in total. The molecule has 0 fully saturated rings. The number of aromatic nitrogens is 8. The Bertz CT molecular complexity index is 2340. The zero-order valence-corrected chi connectivity index (χ0v) is 32.0. The normalized spacial score (nSPS) is 10.8. The number of amides is 6. The Hall–Kier alpha value is -7.52. The van der Waals surface area contributed by atoms with Crippen molar-refractivity contribution in [2.24, 2.45) is 35.2 Å². The molecule has 0 unspecified atom stereocenters. The predicted octanol–water partition coefficient (Wildman–Crippen LogP) is 1.96. The van der Waals surface area contributed by atoms with Crippen molar-refractivity contribution < 1.29 is 38.3 Å². The van der Waals surface area contributed by atoms with E-state index in [0.717, 1.165) is 0 Å². The van der Waals surface area contributed by atoms with Crippen molar-refractivity contribution in [1.82, 2.24) is 37.8 Å². The Morgan fingerprint density at radius 3 is 1.44 bits per heavy atom. The van der Waals surface area contributed by atoms with Crippen molar-refractivity contribution in [3.63, 3.8) is 0 Å². The molecule has 0 aliphatic heterocycles. The summed E-state index contributed by atoms with van der Waals surface area (Å²) in [5.74, 6) is -2.34. The number of carbonyl (C=O) groups is 7. The molecule has 300 valence electrons. The van der Waals surface area contributed by atoms with E-state index in [9.17, 15) is 33.6 Å². The zero-order chi connectivity index (χ0) is 41.4. The van der Waals surface area contributed by atoms with Gasteiger partial charge in [0.2, 0.25) is 35.3 Å². The van der Waals surface area contributed by atoms with Gasteiger partial charge in [-0.05, 0) is 6.92 Å². The number of hydrogen-bond donors (Lipinski definition) is 6. The summed E-state index contributed by atoms with van der Waals surface area (Å²) in [6, 6.07) is 3.10. The SMILES string of the molecule is CCOC(=O)c1nc(NC(=O)CCC(=O)Nc2cc(NC(=O)c3nc(NC(=O)CCC(=O)Nc4cc(NC(=O)c5nccn5C)cn4C)cn3C)cn2C)cn1C. The number of anilines is 6. The molecule has 0 radical (unpaired) electrons. The molecule has 57 heavy (non-hydrogen) atoms. The second kappa shape index (κ2) is 17.7. The third-order valence-corrected chi connectivity index (χ3v) is 8.19. The number of rotatable bonds is 16. The van der Waals surface area contributed by atoms with Crippen LogP contribution in [0.15, 0.2) is 49.3 Å². The summed E-state index contributed by atoms with van der Waals surface area (Å²) < 4.78 is 12.5. The predicted molar refractivity (Wildman–Crippen MR) is 205 cm³/mol. The Morgan fingerprint density at radius 2 is 0.982 bits per heavy atom. The largest absolute Gasteiger partial charge is 0.460 e. The third-order valence-electron chi connectivity index (χ3n) is 8.19. The first-order chi connectivity index (χ1) is 27.1. The minimum atomic E-state index is -0.629. The van der Waals surface area contributed by atoms with Gasteiger partial charge in [0.15, 0.2) is 17.5 Å². The fraction of sp³-hybridized carbons (Fsp3) is 0.314. The van der Waals surface area contributed by atoms with E-state index in [1.807, 2.05) is 0 Å². The summed E-state index contributed by atoms with van der Waals surface area (Å²) in [6.07, 6.45) is 8.57. The number of nitrogens with one attached hydrogen (secondary N) is 6. The maximum atomic E-state index is 13.1. The van der Waals surface area contributed by atoms with Gasteiger partial charge < -0.3 is 59.5 Å². The number of nitrogens with zero attached hydrogens (tertiary/aromatic N) is 8. The molecule has 6 amide bonds. The molecule has 0 saturated carbocycles. The van der Waals surface area contributed by atoms with Crippen LogP contribution >= 0.6 is 0 Å². The van der Waals surface area contributed by atoms with E-state index >= 15 is 0 Å². The first-order valence-corrected chi connectivity index (χ1v) is 17.5. The summed E-state index contributed by atoms with van der Waals surface area (Å²) >= 11 is 0. The van der Waals surface area contributed by atoms with Crippen LogP contribution in [-0.2, 0) is 59.2 Å². The Kier molecular flexibility index (Phi) is 12.7. The lowest BCUT2D eigenvalue weighted by Gasteiger charge is -2.06. The number of ether oxygens (including phenoxy) is 1. The summed E-state index contributed by atoms with van der Waals surface area (Å²) in [4.78, 5) is 100. The van der Waals surface area contributed by atoms with E-state index in [0.29, 0.717) is 23.0 Å². The molecule has 5 heterocycles. The van der Waals surface area contributed by atoms with E-state index in [1.165, 1.54) is 33.8 Å². The van der Waals surface area contributed by atoms with Gasteiger partial charge in [0.1, 0.15) is 11.6 Å². The van der Waals surface area contributed by atoms with Crippen molar-refractivity contribution in [2.45, 2.75) is 32.6 Å². The van der Waals surface area contributed by atoms with Crippen molar-refractivity contribution >= 4 is 76.1 Å². The van der Waals surface area contributed by atoms with Gasteiger partial charge in [0.25, 0.3) is 11.8 Å². The lowest BCUT2D eigenvalue weighted by molar-refractivity contribution is -0.121. The molecule has 0 spiro atoms. The monoisotopic (exact) mass is 786 g/mol. The highest BCUT2D eigenvalue weighted by Gasteiger charge is 2.20. The lowest BCUT2D eigenvalue weighted by Crippen LogP contribution is -2.19. The van der Waals surface area contributed by atoms with Crippen molar-refractivity contribution in [1.29, 1.82) is 0 Å². The van der Waals surface area contributed by atoms with E-state index in [-0.39, 0.29) is 61.4 Å². The fourth-order valence-corrected chi connectivity index (χ4v) is 5.40. The Labute approximate surface area is 325 Å². The summed E-state index contributed by atoms with van der Waals surface area (Å²) in [5.41, 5.74) is 0.780. The quantitative estimate of drug-likeness (QED) is 0.0788. The maximum absolute atomic E-state index is 13.1. The molecule has 0 bridgehead atoms. The van der Waals surface area contributed by atoms with Gasteiger partial charge in [-0.1, -0.05) is 0 Å². The molecule has 0 aliphatic carbocycles. The number of hydrogen-bond acceptors (Lipinski definition) is 11. The van der Waals surface area contributed by atoms with Gasteiger partial charge in [-0.3, -0.25) is 28.8 Å². The van der Waals surface area contributed by atoms with Crippen LogP contribution in [-0.4, -0.2) is 85.8 Å². The van der Waals surface area contributed by atoms with Crippen LogP contribution in [0.25, 0.3) is 0 Å². The number of carbonyl (C=O) groups excluding carboxylic acids is 7. The second-order valence-corrected chi connectivity index (χ2v) is 12.8. The van der Waals surface area contributed by atoms with Crippen LogP contribution in [0.4, 0.5) is 34.6 Å². The summed E-state index contributed by atoms with van der Waals surface area (Å²) in [5, 5.41) is 15.9. The molecule has 0 atom stereocenters. The lowest BCUT2D eigenvalue weighted by atomic mass is 10.3. The Morgan fingerprint density at radius 1 is 0.544 bits per heavy atom. The van der Waals surface area contributed by atoms with E-state index < -0.39 is 41.4 Å². The topological polar surface area (TPSA) is 264 Å². The van der Waals surface area contributed by atoms with Crippen molar-refractivity contribution in [3.05, 3.63) is 66.8 Å². The van der Waals surface area contributed by atoms with Gasteiger partial charge in [-0.15, -0.1) is 0 Å². The van der Waals surface area contributed by atoms with E-state index in [1.54, 1.807) is 80.5 Å². The molecule has 5 rings (SSSR count). The first kappa shape index (κ1) is 40.7. The van der Waals surface area contributed by atoms with Crippen LogP contribution in [0.3, 0.4) is 0 Å². The molecule has 5 aromatic heterocycles. The zero-order valence-electron chi connectivity index (χ0n) is 32.0. The standard InChI is InChI=1S/C35H42N14O8/c1-7-57-35(56)32-42-23(19-49(32)6)40-27(51)9-11-29(53)44-25-15-21(17-47(25)4)38-34(55)31-41-22(18-48(31)5)39-26(50)8-10-28(52)43-24-14-20(16-46(24)3)37-33(54)30-36-12-13-45(30)2/h12-19H,7-11H2,1-6H3,(H,37,54)(H,38,55)(H,39,50)(H,40,51)(H,43,52)(H,44,53). The third kappa shape index (κ3) is 10.6. The smallest absolute Gasteiger partial charge is 0.374 e. The van der Waals surface area contributed by atoms with Crippen LogP contribution in [0.1, 0.15) is 64.5 Å². The van der Waals surface area contributed by atoms with Gasteiger partial charge in [0.05, 0.1) is 18.0 Å². The fourth-order valence-electron chi connectivity index (χ4n) is 5.40. The maximum Gasteiger partial charge on any atom is 0.374 e. The number of esters is 1. The van der Waals surface area contributed by atoms with Crippen LogP contribution in [0, 0.1) is 0 Å².